The van der Waals surface area contributed by atoms with Crippen LogP contribution in [0.5, 0.6) is 0 Å². The standard InChI is InChI=1S/C65H43N3/c1-39-35-53(42-31-34-52-50-22-10-13-25-58(50)67(60(52)37-42)44-16-3-2-4-17-44)64(66-57-24-12-9-18-46(39)57)41-29-32-45(33-30-41)68-59-26-14-11-23-51(59)56-38-55-49-21-8-7-20-48(49)54-36-43-28-27-40-15-5-6-19-47(40)61(43)63(62(54)55)65(56)68/h2-34,37-38,54H,35-36H2,1H3. The Labute approximate surface area is 393 Å². The molecule has 2 aliphatic carbocycles. The fourth-order valence-electron chi connectivity index (χ4n) is 12.5. The second-order valence-electron chi connectivity index (χ2n) is 19.0. The number of rotatable bonds is 4. The molecule has 0 amide bonds. The zero-order valence-electron chi connectivity index (χ0n) is 37.5. The van der Waals surface area contributed by atoms with E-state index in [-0.39, 0.29) is 0 Å². The highest BCUT2D eigenvalue weighted by atomic mass is 15.0. The molecule has 0 fully saturated rings. The SMILES string of the molecule is CC1=c2ccccc2=NC(c2ccc(-n3c4ccccc4c4cc5c6c(c43)-c3c(ccc4ccccc34)CC6c3ccccc3-5)cc2)=C(c2ccc3c4ccccc4n(-c4ccccc4)c3c2)C1. The number of hydrogen-bond acceptors (Lipinski definition) is 1. The molecular formula is C65H43N3. The van der Waals surface area contributed by atoms with Crippen molar-refractivity contribution in [1.82, 2.24) is 9.13 Å². The molecule has 0 bridgehead atoms. The van der Waals surface area contributed by atoms with Crippen molar-refractivity contribution in [3.8, 4) is 33.6 Å². The smallest absolute Gasteiger partial charge is 0.0750 e. The summed E-state index contributed by atoms with van der Waals surface area (Å²) in [5.41, 5.74) is 22.9. The molecule has 3 aliphatic rings. The van der Waals surface area contributed by atoms with E-state index < -0.39 is 0 Å². The highest BCUT2D eigenvalue weighted by Gasteiger charge is 2.38. The number of nitrogens with zero attached hydrogens (tertiary/aromatic N) is 3. The van der Waals surface area contributed by atoms with E-state index in [0.29, 0.717) is 5.92 Å². The van der Waals surface area contributed by atoms with Crippen LogP contribution in [0, 0.1) is 0 Å². The number of benzene rings is 10. The van der Waals surface area contributed by atoms with Crippen molar-refractivity contribution in [2.45, 2.75) is 25.7 Å². The van der Waals surface area contributed by atoms with E-state index in [2.05, 4.69) is 228 Å². The second kappa shape index (κ2) is 14.2. The predicted octanol–water partition coefficient (Wildman–Crippen LogP) is 15.1. The van der Waals surface area contributed by atoms with Crippen LogP contribution in [0.15, 0.2) is 217 Å². The molecule has 15 rings (SSSR count). The molecule has 2 aromatic heterocycles. The molecule has 3 heterocycles. The maximum absolute atomic E-state index is 5.61. The molecule has 0 saturated heterocycles. The van der Waals surface area contributed by atoms with Gasteiger partial charge in [0.1, 0.15) is 0 Å². The summed E-state index contributed by atoms with van der Waals surface area (Å²) < 4.78 is 4.98. The number of para-hydroxylation sites is 4. The van der Waals surface area contributed by atoms with E-state index in [1.807, 2.05) is 0 Å². The lowest BCUT2D eigenvalue weighted by Crippen LogP contribution is -2.25. The molecule has 0 radical (unpaired) electrons. The zero-order valence-corrected chi connectivity index (χ0v) is 37.5. The maximum atomic E-state index is 5.61. The van der Waals surface area contributed by atoms with Gasteiger partial charge in [-0.15, -0.1) is 0 Å². The van der Waals surface area contributed by atoms with E-state index in [1.54, 1.807) is 0 Å². The first-order valence-electron chi connectivity index (χ1n) is 23.9. The maximum Gasteiger partial charge on any atom is 0.0750 e. The Hall–Kier alpha value is -8.53. The van der Waals surface area contributed by atoms with Crippen molar-refractivity contribution in [2.24, 2.45) is 4.99 Å². The quantitative estimate of drug-likeness (QED) is 0.168. The Kier molecular flexibility index (Phi) is 7.89. The predicted molar refractivity (Wildman–Crippen MR) is 283 cm³/mol. The van der Waals surface area contributed by atoms with E-state index in [4.69, 9.17) is 4.99 Å². The first-order chi connectivity index (χ1) is 33.7. The lowest BCUT2D eigenvalue weighted by Gasteiger charge is -2.28. The van der Waals surface area contributed by atoms with Gasteiger partial charge >= 0.3 is 0 Å². The molecule has 1 aliphatic heterocycles. The van der Waals surface area contributed by atoms with Gasteiger partial charge in [-0.05, 0) is 135 Å². The lowest BCUT2D eigenvalue weighted by molar-refractivity contribution is 0.818. The van der Waals surface area contributed by atoms with Crippen LogP contribution in [0.4, 0.5) is 0 Å². The second-order valence-corrected chi connectivity index (χ2v) is 19.0. The molecule has 318 valence electrons. The summed E-state index contributed by atoms with van der Waals surface area (Å²) in [5.74, 6) is 0.307. The molecule has 3 heteroatoms. The minimum atomic E-state index is 0.307. The summed E-state index contributed by atoms with van der Waals surface area (Å²) in [6, 6.07) is 78.9. The largest absolute Gasteiger partial charge is 0.309 e. The molecule has 1 unspecified atom stereocenters. The summed E-state index contributed by atoms with van der Waals surface area (Å²) in [6.45, 7) is 2.27. The molecule has 12 aromatic rings. The molecule has 0 spiro atoms. The third-order valence-corrected chi connectivity index (χ3v) is 15.4. The third-order valence-electron chi connectivity index (χ3n) is 15.4. The minimum Gasteiger partial charge on any atom is -0.309 e. The van der Waals surface area contributed by atoms with E-state index >= 15 is 0 Å². The molecule has 1 atom stereocenters. The van der Waals surface area contributed by atoms with Gasteiger partial charge in [-0.25, -0.2) is 4.99 Å². The number of allylic oxidation sites excluding steroid dienone is 1. The van der Waals surface area contributed by atoms with Gasteiger partial charge in [0.15, 0.2) is 0 Å². The van der Waals surface area contributed by atoms with Gasteiger partial charge in [-0.2, -0.15) is 0 Å². The van der Waals surface area contributed by atoms with Crippen LogP contribution in [-0.2, 0) is 6.42 Å². The molecule has 68 heavy (non-hydrogen) atoms. The lowest BCUT2D eigenvalue weighted by atomic mass is 9.75. The Bertz CT molecular complexity index is 4310. The fraction of sp³-hybridized carbons (Fsp3) is 0.0615. The average Bonchev–Trinajstić information content (AvgIpc) is 3.99. The van der Waals surface area contributed by atoms with Crippen LogP contribution in [0.2, 0.25) is 0 Å². The normalized spacial score (nSPS) is 14.9. The Morgan fingerprint density at radius 3 is 1.99 bits per heavy atom. The van der Waals surface area contributed by atoms with Gasteiger partial charge in [0.25, 0.3) is 0 Å². The summed E-state index contributed by atoms with van der Waals surface area (Å²) in [7, 11) is 0. The van der Waals surface area contributed by atoms with E-state index in [0.717, 1.165) is 40.8 Å². The van der Waals surface area contributed by atoms with Crippen molar-refractivity contribution < 1.29 is 0 Å². The van der Waals surface area contributed by atoms with Crippen molar-refractivity contribution >= 4 is 71.2 Å². The summed E-state index contributed by atoms with van der Waals surface area (Å²) in [6.07, 6.45) is 1.78. The van der Waals surface area contributed by atoms with Gasteiger partial charge in [0, 0.05) is 50.0 Å². The van der Waals surface area contributed by atoms with Crippen LogP contribution in [0.25, 0.3) is 105 Å². The summed E-state index contributed by atoms with van der Waals surface area (Å²) >= 11 is 0. The van der Waals surface area contributed by atoms with Crippen molar-refractivity contribution in [3.63, 3.8) is 0 Å². The zero-order chi connectivity index (χ0) is 44.6. The number of hydrogen-bond donors (Lipinski definition) is 0. The van der Waals surface area contributed by atoms with Crippen LogP contribution in [0.3, 0.4) is 0 Å². The first-order valence-corrected chi connectivity index (χ1v) is 23.9. The number of fused-ring (bicyclic) bond motifs is 15. The highest BCUT2D eigenvalue weighted by molar-refractivity contribution is 6.20. The topological polar surface area (TPSA) is 22.2 Å². The molecule has 0 saturated carbocycles. The third kappa shape index (κ3) is 5.27. The van der Waals surface area contributed by atoms with Crippen LogP contribution in [-0.4, -0.2) is 9.13 Å². The van der Waals surface area contributed by atoms with Gasteiger partial charge in [0.05, 0.1) is 33.1 Å². The van der Waals surface area contributed by atoms with Crippen LogP contribution < -0.4 is 10.6 Å². The average molecular weight is 866 g/mol. The minimum absolute atomic E-state index is 0.307. The summed E-state index contributed by atoms with van der Waals surface area (Å²) in [4.78, 5) is 5.61. The highest BCUT2D eigenvalue weighted by Crippen LogP contribution is 2.58. The first kappa shape index (κ1) is 37.7. The Morgan fingerprint density at radius 1 is 0.471 bits per heavy atom. The van der Waals surface area contributed by atoms with Gasteiger partial charge in [0.2, 0.25) is 0 Å². The summed E-state index contributed by atoms with van der Waals surface area (Å²) in [5, 5.41) is 9.89. The molecule has 3 nitrogen and oxygen atoms in total. The monoisotopic (exact) mass is 865 g/mol. The Morgan fingerprint density at radius 2 is 1.13 bits per heavy atom. The van der Waals surface area contributed by atoms with Gasteiger partial charge < -0.3 is 9.13 Å². The van der Waals surface area contributed by atoms with Gasteiger partial charge in [-0.1, -0.05) is 163 Å². The number of aromatic nitrogens is 2. The van der Waals surface area contributed by atoms with Crippen molar-refractivity contribution in [2.75, 3.05) is 0 Å². The van der Waals surface area contributed by atoms with Crippen molar-refractivity contribution in [1.29, 1.82) is 0 Å². The van der Waals surface area contributed by atoms with E-state index in [1.165, 1.54) is 115 Å². The molecular weight excluding hydrogens is 823 g/mol. The molecule has 10 aromatic carbocycles. The fourth-order valence-corrected chi connectivity index (χ4v) is 12.5. The molecule has 0 N–H and O–H groups in total. The van der Waals surface area contributed by atoms with E-state index in [9.17, 15) is 0 Å². The van der Waals surface area contributed by atoms with Crippen LogP contribution in [0.1, 0.15) is 47.1 Å². The van der Waals surface area contributed by atoms with Crippen LogP contribution >= 0.6 is 0 Å². The van der Waals surface area contributed by atoms with Gasteiger partial charge in [-0.3, -0.25) is 0 Å². The Balaban J connectivity index is 0.975. The van der Waals surface area contributed by atoms with Crippen molar-refractivity contribution in [3.05, 3.63) is 251 Å².